The SMILES string of the molecule is O=C(COC(=O)c1ccc2ncsc2c1)NC(=O)Nc1ccc2c(c1)OCCO2. The van der Waals surface area contributed by atoms with E-state index in [-0.39, 0.29) is 0 Å². The van der Waals surface area contributed by atoms with Crippen LogP contribution in [0.25, 0.3) is 10.2 Å². The fourth-order valence-corrected chi connectivity index (χ4v) is 3.36. The zero-order valence-electron chi connectivity index (χ0n) is 15.0. The molecule has 2 N–H and O–H groups in total. The number of amides is 3. The molecule has 1 aromatic heterocycles. The van der Waals surface area contributed by atoms with Crippen molar-refractivity contribution < 1.29 is 28.6 Å². The number of thiazole rings is 1. The highest BCUT2D eigenvalue weighted by Crippen LogP contribution is 2.32. The van der Waals surface area contributed by atoms with Crippen LogP contribution in [0, 0.1) is 0 Å². The van der Waals surface area contributed by atoms with E-state index >= 15 is 0 Å². The van der Waals surface area contributed by atoms with Gasteiger partial charge in [-0.3, -0.25) is 10.1 Å². The predicted octanol–water partition coefficient (Wildman–Crippen LogP) is 2.57. The summed E-state index contributed by atoms with van der Waals surface area (Å²) >= 11 is 1.39. The van der Waals surface area contributed by atoms with Crippen molar-refractivity contribution in [1.29, 1.82) is 0 Å². The number of hydrogen-bond donors (Lipinski definition) is 2. The lowest BCUT2D eigenvalue weighted by Gasteiger charge is -2.19. The molecule has 0 saturated heterocycles. The Hall–Kier alpha value is -3.66. The first-order valence-corrected chi connectivity index (χ1v) is 9.47. The smallest absolute Gasteiger partial charge is 0.338 e. The van der Waals surface area contributed by atoms with Crippen molar-refractivity contribution in [1.82, 2.24) is 10.3 Å². The third kappa shape index (κ3) is 4.43. The van der Waals surface area contributed by atoms with Gasteiger partial charge in [0, 0.05) is 11.8 Å². The maximum Gasteiger partial charge on any atom is 0.338 e. The first kappa shape index (κ1) is 18.7. The topological polar surface area (TPSA) is 116 Å². The largest absolute Gasteiger partial charge is 0.486 e. The number of carbonyl (C=O) groups is 3. The van der Waals surface area contributed by atoms with Crippen LogP contribution < -0.4 is 20.1 Å². The van der Waals surface area contributed by atoms with E-state index in [0.29, 0.717) is 36.0 Å². The van der Waals surface area contributed by atoms with E-state index in [2.05, 4.69) is 15.6 Å². The van der Waals surface area contributed by atoms with Crippen molar-refractivity contribution in [2.45, 2.75) is 0 Å². The molecule has 0 atom stereocenters. The highest BCUT2D eigenvalue weighted by atomic mass is 32.1. The maximum absolute atomic E-state index is 12.1. The van der Waals surface area contributed by atoms with Crippen LogP contribution in [0.4, 0.5) is 10.5 Å². The number of benzene rings is 2. The Morgan fingerprint density at radius 2 is 1.90 bits per heavy atom. The van der Waals surface area contributed by atoms with E-state index in [4.69, 9.17) is 14.2 Å². The fourth-order valence-electron chi connectivity index (χ4n) is 2.64. The molecule has 3 aromatic rings. The van der Waals surface area contributed by atoms with Crippen LogP contribution in [-0.2, 0) is 9.53 Å². The second-order valence-corrected chi connectivity index (χ2v) is 6.86. The van der Waals surface area contributed by atoms with Crippen LogP contribution in [0.15, 0.2) is 41.9 Å². The molecule has 2 heterocycles. The molecule has 9 nitrogen and oxygen atoms in total. The first-order valence-electron chi connectivity index (χ1n) is 8.59. The summed E-state index contributed by atoms with van der Waals surface area (Å²) in [4.78, 5) is 40.1. The normalized spacial score (nSPS) is 12.3. The number of hydrogen-bond acceptors (Lipinski definition) is 8. The highest BCUT2D eigenvalue weighted by Gasteiger charge is 2.15. The molecule has 0 saturated carbocycles. The molecule has 0 aliphatic carbocycles. The molecule has 0 spiro atoms. The summed E-state index contributed by atoms with van der Waals surface area (Å²) in [5, 5.41) is 4.60. The molecule has 10 heteroatoms. The van der Waals surface area contributed by atoms with Gasteiger partial charge in [0.15, 0.2) is 18.1 Å². The molecule has 148 valence electrons. The van der Waals surface area contributed by atoms with Crippen molar-refractivity contribution in [2.24, 2.45) is 0 Å². The van der Waals surface area contributed by atoms with Crippen LogP contribution in [0.5, 0.6) is 11.5 Å². The average Bonchev–Trinajstić information content (AvgIpc) is 3.19. The standard InChI is InChI=1S/C19H15N3O6S/c23-17(9-28-18(24)11-1-3-13-16(7-11)29-10-20-13)22-19(25)21-12-2-4-14-15(8-12)27-6-5-26-14/h1-4,7-8,10H,5-6,9H2,(H2,21,22,23,25). The lowest BCUT2D eigenvalue weighted by molar-refractivity contribution is -0.123. The molecule has 0 radical (unpaired) electrons. The van der Waals surface area contributed by atoms with Crippen molar-refractivity contribution in [3.8, 4) is 11.5 Å². The van der Waals surface area contributed by atoms with Gasteiger partial charge in [0.05, 0.1) is 21.3 Å². The number of rotatable bonds is 4. The summed E-state index contributed by atoms with van der Waals surface area (Å²) in [6.45, 7) is 0.294. The van der Waals surface area contributed by atoms with E-state index in [1.54, 1.807) is 41.9 Å². The number of nitrogens with one attached hydrogen (secondary N) is 2. The second-order valence-electron chi connectivity index (χ2n) is 5.97. The van der Waals surface area contributed by atoms with Crippen LogP contribution in [-0.4, -0.2) is 42.7 Å². The number of imide groups is 1. The Morgan fingerprint density at radius 3 is 2.76 bits per heavy atom. The summed E-state index contributed by atoms with van der Waals surface area (Å²) in [6.07, 6.45) is 0. The number of aromatic nitrogens is 1. The second kappa shape index (κ2) is 8.15. The lowest BCUT2D eigenvalue weighted by atomic mass is 10.2. The van der Waals surface area contributed by atoms with Gasteiger partial charge in [-0.05, 0) is 30.3 Å². The summed E-state index contributed by atoms with van der Waals surface area (Å²) in [7, 11) is 0. The molecular formula is C19H15N3O6S. The van der Waals surface area contributed by atoms with Gasteiger partial charge in [0.25, 0.3) is 5.91 Å². The molecular weight excluding hydrogens is 398 g/mol. The Balaban J connectivity index is 1.27. The number of urea groups is 1. The van der Waals surface area contributed by atoms with Crippen LogP contribution in [0.1, 0.15) is 10.4 Å². The molecule has 0 fully saturated rings. The van der Waals surface area contributed by atoms with Crippen molar-refractivity contribution in [3.05, 3.63) is 47.5 Å². The minimum atomic E-state index is -0.757. The van der Waals surface area contributed by atoms with Crippen LogP contribution >= 0.6 is 11.3 Å². The minimum absolute atomic E-state index is 0.301. The van der Waals surface area contributed by atoms with Gasteiger partial charge in [-0.15, -0.1) is 11.3 Å². The zero-order valence-corrected chi connectivity index (χ0v) is 15.8. The molecule has 1 aliphatic rings. The van der Waals surface area contributed by atoms with Crippen molar-refractivity contribution in [3.63, 3.8) is 0 Å². The van der Waals surface area contributed by atoms with Gasteiger partial charge < -0.3 is 19.5 Å². The van der Waals surface area contributed by atoms with Crippen molar-refractivity contribution in [2.75, 3.05) is 25.1 Å². The monoisotopic (exact) mass is 413 g/mol. The van der Waals surface area contributed by atoms with Gasteiger partial charge in [0.1, 0.15) is 13.2 Å². The van der Waals surface area contributed by atoms with Gasteiger partial charge in [-0.25, -0.2) is 14.6 Å². The van der Waals surface area contributed by atoms with E-state index in [9.17, 15) is 14.4 Å². The zero-order chi connectivity index (χ0) is 20.2. The fraction of sp³-hybridized carbons (Fsp3) is 0.158. The van der Waals surface area contributed by atoms with E-state index < -0.39 is 24.5 Å². The van der Waals surface area contributed by atoms with Gasteiger partial charge in [0.2, 0.25) is 0 Å². The summed E-state index contributed by atoms with van der Waals surface area (Å²) in [5.74, 6) is -0.330. The molecule has 29 heavy (non-hydrogen) atoms. The molecule has 4 rings (SSSR count). The Bertz CT molecular complexity index is 1100. The number of esters is 1. The molecule has 0 bridgehead atoms. The third-order valence-electron chi connectivity index (χ3n) is 3.95. The lowest BCUT2D eigenvalue weighted by Crippen LogP contribution is -2.37. The highest BCUT2D eigenvalue weighted by molar-refractivity contribution is 7.16. The Labute approximate surface area is 168 Å². The Morgan fingerprint density at radius 1 is 1.07 bits per heavy atom. The summed E-state index contributed by atoms with van der Waals surface area (Å²) in [5.41, 5.74) is 3.18. The average molecular weight is 413 g/mol. The molecule has 3 amide bonds. The summed E-state index contributed by atoms with van der Waals surface area (Å²) < 4.78 is 16.6. The Kier molecular flexibility index (Phi) is 5.25. The van der Waals surface area contributed by atoms with Crippen LogP contribution in [0.2, 0.25) is 0 Å². The molecule has 0 unspecified atom stereocenters. The van der Waals surface area contributed by atoms with E-state index in [1.165, 1.54) is 11.3 Å². The number of ether oxygens (including phenoxy) is 3. The van der Waals surface area contributed by atoms with Gasteiger partial charge in [-0.1, -0.05) is 0 Å². The van der Waals surface area contributed by atoms with Crippen molar-refractivity contribution >= 4 is 45.1 Å². The third-order valence-corrected chi connectivity index (χ3v) is 4.75. The minimum Gasteiger partial charge on any atom is -0.486 e. The maximum atomic E-state index is 12.1. The number of fused-ring (bicyclic) bond motifs is 2. The van der Waals surface area contributed by atoms with Gasteiger partial charge >= 0.3 is 12.0 Å². The van der Waals surface area contributed by atoms with Crippen LogP contribution in [0.3, 0.4) is 0 Å². The van der Waals surface area contributed by atoms with E-state index in [0.717, 1.165) is 10.2 Å². The predicted molar refractivity (Wildman–Crippen MR) is 104 cm³/mol. The molecule has 2 aromatic carbocycles. The summed E-state index contributed by atoms with van der Waals surface area (Å²) in [6, 6.07) is 9.02. The first-order chi connectivity index (χ1) is 14.1. The quantitative estimate of drug-likeness (QED) is 0.632. The number of anilines is 1. The van der Waals surface area contributed by atoms with E-state index in [1.807, 2.05) is 0 Å². The number of nitrogens with zero attached hydrogens (tertiary/aromatic N) is 1. The molecule has 1 aliphatic heterocycles. The number of carbonyl (C=O) groups excluding carboxylic acids is 3. The van der Waals surface area contributed by atoms with Gasteiger partial charge in [-0.2, -0.15) is 0 Å².